The molecule has 2 rings (SSSR count). The average Bonchev–Trinajstić information content (AvgIpc) is 2.64. The van der Waals surface area contributed by atoms with E-state index in [1.54, 1.807) is 18.2 Å². The van der Waals surface area contributed by atoms with E-state index in [-0.39, 0.29) is 5.56 Å². The highest BCUT2D eigenvalue weighted by Gasteiger charge is 2.10. The van der Waals surface area contributed by atoms with Crippen LogP contribution < -0.4 is 5.56 Å². The first-order valence-corrected chi connectivity index (χ1v) is 5.49. The minimum atomic E-state index is -1.24. The molecule has 0 saturated carbocycles. The minimum absolute atomic E-state index is 0.272. The average molecular weight is 256 g/mol. The third-order valence-electron chi connectivity index (χ3n) is 1.98. The molecule has 0 aromatic carbocycles. The van der Waals surface area contributed by atoms with Crippen LogP contribution in [0, 0.1) is 0 Å². The Bertz CT molecular complexity index is 602. The van der Waals surface area contributed by atoms with Gasteiger partial charge in [-0.3, -0.25) is 4.79 Å². The number of thiophene rings is 1. The smallest absolute Gasteiger partial charge is 0.341 e. The van der Waals surface area contributed by atoms with Crippen LogP contribution in [0.3, 0.4) is 0 Å². The van der Waals surface area contributed by atoms with E-state index in [9.17, 15) is 9.59 Å². The number of H-pyrrole nitrogens is 1. The molecular weight excluding hydrogens is 250 g/mol. The molecule has 0 saturated heterocycles. The molecular formula is C10H6ClNO3S. The first-order chi connectivity index (χ1) is 7.58. The molecule has 0 aliphatic heterocycles. The molecule has 6 heteroatoms. The summed E-state index contributed by atoms with van der Waals surface area (Å²) in [6, 6.07) is 6.31. The van der Waals surface area contributed by atoms with Gasteiger partial charge >= 0.3 is 5.97 Å². The quantitative estimate of drug-likeness (QED) is 0.866. The zero-order valence-corrected chi connectivity index (χ0v) is 9.43. The van der Waals surface area contributed by atoms with E-state index < -0.39 is 11.5 Å². The summed E-state index contributed by atoms with van der Waals surface area (Å²) >= 11 is 7.08. The third-order valence-corrected chi connectivity index (χ3v) is 3.24. The summed E-state index contributed by atoms with van der Waals surface area (Å²) in [5.41, 5.74) is -0.326. The molecule has 0 atom stereocenters. The molecule has 2 aromatic heterocycles. The number of hydrogen-bond donors (Lipinski definition) is 2. The van der Waals surface area contributed by atoms with Gasteiger partial charge < -0.3 is 10.1 Å². The summed E-state index contributed by atoms with van der Waals surface area (Å²) in [6.07, 6.45) is 0. The summed E-state index contributed by atoms with van der Waals surface area (Å²) in [4.78, 5) is 25.3. The van der Waals surface area contributed by atoms with Crippen molar-refractivity contribution in [3.8, 4) is 10.6 Å². The second-order valence-corrected chi connectivity index (χ2v) is 4.74. The normalized spacial score (nSPS) is 10.3. The van der Waals surface area contributed by atoms with Crippen LogP contribution in [0.5, 0.6) is 0 Å². The van der Waals surface area contributed by atoms with Crippen molar-refractivity contribution in [3.05, 3.63) is 44.5 Å². The van der Waals surface area contributed by atoms with Crippen LogP contribution >= 0.6 is 22.9 Å². The van der Waals surface area contributed by atoms with Gasteiger partial charge in [-0.05, 0) is 24.3 Å². The van der Waals surface area contributed by atoms with Crippen molar-refractivity contribution in [2.45, 2.75) is 0 Å². The van der Waals surface area contributed by atoms with Gasteiger partial charge in [-0.2, -0.15) is 0 Å². The van der Waals surface area contributed by atoms with Gasteiger partial charge in [0.2, 0.25) is 0 Å². The zero-order valence-electron chi connectivity index (χ0n) is 7.86. The number of carboxylic acid groups (broad SMARTS) is 1. The summed E-state index contributed by atoms with van der Waals surface area (Å²) in [6.45, 7) is 0. The second kappa shape index (κ2) is 4.11. The lowest BCUT2D eigenvalue weighted by atomic mass is 10.2. The van der Waals surface area contributed by atoms with Crippen molar-refractivity contribution in [3.63, 3.8) is 0 Å². The molecule has 16 heavy (non-hydrogen) atoms. The van der Waals surface area contributed by atoms with Crippen molar-refractivity contribution >= 4 is 28.9 Å². The van der Waals surface area contributed by atoms with Crippen LogP contribution in [0.4, 0.5) is 0 Å². The first kappa shape index (κ1) is 10.9. The Balaban J connectivity index is 2.50. The van der Waals surface area contributed by atoms with E-state index in [0.29, 0.717) is 10.0 Å². The largest absolute Gasteiger partial charge is 0.477 e. The molecule has 0 bridgehead atoms. The molecule has 0 amide bonds. The SMILES string of the molecule is O=C(O)c1ccc(-c2ccc(Cl)s2)[nH]c1=O. The summed E-state index contributed by atoms with van der Waals surface area (Å²) in [5.74, 6) is -1.24. The Labute approximate surface area is 99.1 Å². The number of aromatic amines is 1. The lowest BCUT2D eigenvalue weighted by molar-refractivity contribution is 0.0695. The van der Waals surface area contributed by atoms with Crippen LogP contribution in [0.25, 0.3) is 10.6 Å². The molecule has 0 unspecified atom stereocenters. The van der Waals surface area contributed by atoms with E-state index in [1.807, 2.05) is 0 Å². The molecule has 0 radical (unpaired) electrons. The fourth-order valence-electron chi connectivity index (χ4n) is 1.24. The molecule has 2 N–H and O–H groups in total. The van der Waals surface area contributed by atoms with Crippen LogP contribution in [0.15, 0.2) is 29.1 Å². The summed E-state index contributed by atoms with van der Waals surface area (Å²) < 4.78 is 0.609. The minimum Gasteiger partial charge on any atom is -0.477 e. The third kappa shape index (κ3) is 2.00. The number of rotatable bonds is 2. The second-order valence-electron chi connectivity index (χ2n) is 3.02. The number of nitrogens with one attached hydrogen (secondary N) is 1. The highest BCUT2D eigenvalue weighted by molar-refractivity contribution is 7.19. The Morgan fingerprint density at radius 3 is 2.56 bits per heavy atom. The predicted molar refractivity (Wildman–Crippen MR) is 62.3 cm³/mol. The van der Waals surface area contributed by atoms with Crippen molar-refractivity contribution in [2.24, 2.45) is 0 Å². The van der Waals surface area contributed by atoms with E-state index in [1.165, 1.54) is 17.4 Å². The van der Waals surface area contributed by atoms with Crippen LogP contribution in [-0.4, -0.2) is 16.1 Å². The lowest BCUT2D eigenvalue weighted by Crippen LogP contribution is -2.17. The summed E-state index contributed by atoms with van der Waals surface area (Å²) in [5, 5.41) is 8.69. The fourth-order valence-corrected chi connectivity index (χ4v) is 2.27. The lowest BCUT2D eigenvalue weighted by Gasteiger charge is -1.98. The molecule has 2 aromatic rings. The van der Waals surface area contributed by atoms with Gasteiger partial charge in [-0.1, -0.05) is 11.6 Å². The van der Waals surface area contributed by atoms with Gasteiger partial charge in [0.25, 0.3) is 5.56 Å². The number of carbonyl (C=O) groups is 1. The number of carboxylic acids is 1. The number of halogens is 1. The van der Waals surface area contributed by atoms with Gasteiger partial charge in [-0.25, -0.2) is 4.79 Å². The Morgan fingerprint density at radius 1 is 1.31 bits per heavy atom. The van der Waals surface area contributed by atoms with Gasteiger partial charge in [0, 0.05) is 0 Å². The zero-order chi connectivity index (χ0) is 11.7. The van der Waals surface area contributed by atoms with Crippen molar-refractivity contribution in [1.29, 1.82) is 0 Å². The number of aromatic nitrogens is 1. The maximum Gasteiger partial charge on any atom is 0.341 e. The Hall–Kier alpha value is -1.59. The summed E-state index contributed by atoms with van der Waals surface area (Å²) in [7, 11) is 0. The van der Waals surface area contributed by atoms with Crippen molar-refractivity contribution < 1.29 is 9.90 Å². The van der Waals surface area contributed by atoms with Crippen LogP contribution in [-0.2, 0) is 0 Å². The molecule has 82 valence electrons. The number of pyridine rings is 1. The molecule has 0 spiro atoms. The maximum absolute atomic E-state index is 11.4. The Morgan fingerprint density at radius 2 is 2.06 bits per heavy atom. The number of aromatic carboxylic acids is 1. The number of hydrogen-bond acceptors (Lipinski definition) is 3. The van der Waals surface area contributed by atoms with E-state index in [4.69, 9.17) is 16.7 Å². The van der Waals surface area contributed by atoms with Gasteiger partial charge in [0.1, 0.15) is 5.56 Å². The topological polar surface area (TPSA) is 70.2 Å². The van der Waals surface area contributed by atoms with E-state index in [2.05, 4.69) is 4.98 Å². The molecule has 0 aliphatic rings. The Kier molecular flexibility index (Phi) is 2.80. The molecule has 4 nitrogen and oxygen atoms in total. The standard InChI is InChI=1S/C10H6ClNO3S/c11-8-4-3-7(16-8)6-2-1-5(10(14)15)9(13)12-6/h1-4H,(H,12,13)(H,14,15). The fraction of sp³-hybridized carbons (Fsp3) is 0. The van der Waals surface area contributed by atoms with Crippen molar-refractivity contribution in [2.75, 3.05) is 0 Å². The van der Waals surface area contributed by atoms with Crippen LogP contribution in [0.1, 0.15) is 10.4 Å². The molecule has 0 fully saturated rings. The predicted octanol–water partition coefficient (Wildman–Crippen LogP) is 2.46. The van der Waals surface area contributed by atoms with E-state index in [0.717, 1.165) is 4.88 Å². The molecule has 0 aliphatic carbocycles. The van der Waals surface area contributed by atoms with Gasteiger partial charge in [0.15, 0.2) is 0 Å². The van der Waals surface area contributed by atoms with Gasteiger partial charge in [0.05, 0.1) is 14.9 Å². The first-order valence-electron chi connectivity index (χ1n) is 4.30. The van der Waals surface area contributed by atoms with E-state index >= 15 is 0 Å². The van der Waals surface area contributed by atoms with Crippen LogP contribution in [0.2, 0.25) is 4.34 Å². The van der Waals surface area contributed by atoms with Crippen molar-refractivity contribution in [1.82, 2.24) is 4.98 Å². The highest BCUT2D eigenvalue weighted by atomic mass is 35.5. The monoisotopic (exact) mass is 255 g/mol. The van der Waals surface area contributed by atoms with Gasteiger partial charge in [-0.15, -0.1) is 11.3 Å². The highest BCUT2D eigenvalue weighted by Crippen LogP contribution is 2.29. The maximum atomic E-state index is 11.4. The molecule has 2 heterocycles.